The molecule has 0 spiro atoms. The molecule has 0 aliphatic carbocycles. The number of carboxylic acids is 1. The molecule has 1 aromatic heterocycles. The van der Waals surface area contributed by atoms with Crippen molar-refractivity contribution in [3.05, 3.63) is 27.9 Å². The number of nitrogens with zero attached hydrogens (tertiary/aromatic N) is 1. The molecule has 2 heterocycles. The highest BCUT2D eigenvalue weighted by atomic mass is 79.9. The third-order valence-electron chi connectivity index (χ3n) is 2.85. The molecular weight excluding hydrogens is 318 g/mol. The van der Waals surface area contributed by atoms with Crippen LogP contribution in [0.15, 0.2) is 21.1 Å². The van der Waals surface area contributed by atoms with E-state index in [9.17, 15) is 4.79 Å². The Labute approximate surface area is 116 Å². The second-order valence-corrected chi connectivity index (χ2v) is 4.77. The number of ether oxygens (including phenoxy) is 2. The van der Waals surface area contributed by atoms with Gasteiger partial charge in [0.25, 0.3) is 0 Å². The van der Waals surface area contributed by atoms with Gasteiger partial charge < -0.3 is 19.1 Å². The highest BCUT2D eigenvalue weighted by Gasteiger charge is 2.23. The van der Waals surface area contributed by atoms with Crippen molar-refractivity contribution in [2.45, 2.75) is 6.92 Å². The summed E-state index contributed by atoms with van der Waals surface area (Å²) in [5, 5.41) is 12.6. The van der Waals surface area contributed by atoms with Crippen LogP contribution in [0.2, 0.25) is 0 Å². The molecule has 2 aromatic rings. The fourth-order valence-corrected chi connectivity index (χ4v) is 2.39. The van der Waals surface area contributed by atoms with Gasteiger partial charge in [-0.1, -0.05) is 5.16 Å². The van der Waals surface area contributed by atoms with E-state index < -0.39 is 5.97 Å². The van der Waals surface area contributed by atoms with Gasteiger partial charge in [-0.05, 0) is 34.5 Å². The predicted octanol–water partition coefficient (Wildman–Crippen LogP) is 2.84. The van der Waals surface area contributed by atoms with Crippen molar-refractivity contribution < 1.29 is 23.9 Å². The summed E-state index contributed by atoms with van der Waals surface area (Å²) in [4.78, 5) is 10.8. The summed E-state index contributed by atoms with van der Waals surface area (Å²) in [6, 6.07) is 3.13. The van der Waals surface area contributed by atoms with Gasteiger partial charge in [0.1, 0.15) is 5.69 Å². The quantitative estimate of drug-likeness (QED) is 0.914. The first-order valence-corrected chi connectivity index (χ1v) is 6.16. The van der Waals surface area contributed by atoms with Gasteiger partial charge in [0.05, 0.1) is 4.47 Å². The van der Waals surface area contributed by atoms with Crippen molar-refractivity contribution in [2.24, 2.45) is 0 Å². The molecule has 0 fully saturated rings. The van der Waals surface area contributed by atoms with Gasteiger partial charge in [-0.15, -0.1) is 0 Å². The molecule has 19 heavy (non-hydrogen) atoms. The molecule has 0 radical (unpaired) electrons. The highest BCUT2D eigenvalue weighted by molar-refractivity contribution is 9.10. The number of hydrogen-bond acceptors (Lipinski definition) is 5. The molecule has 0 saturated heterocycles. The maximum Gasteiger partial charge on any atom is 0.374 e. The number of carboxylic acid groups (broad SMARTS) is 1. The fourth-order valence-electron chi connectivity index (χ4n) is 1.86. The van der Waals surface area contributed by atoms with E-state index in [-0.39, 0.29) is 12.6 Å². The van der Waals surface area contributed by atoms with Gasteiger partial charge in [0.15, 0.2) is 11.5 Å². The zero-order valence-electron chi connectivity index (χ0n) is 9.77. The van der Waals surface area contributed by atoms with Crippen molar-refractivity contribution >= 4 is 21.9 Å². The molecule has 6 nitrogen and oxygen atoms in total. The largest absolute Gasteiger partial charge is 0.475 e. The lowest BCUT2D eigenvalue weighted by atomic mass is 10.0. The van der Waals surface area contributed by atoms with Crippen LogP contribution in [0.3, 0.4) is 0 Å². The molecule has 1 aliphatic rings. The standard InChI is InChI=1S/C12H8BrNO5/c1-5-6(7-3-9(12(15)16)19-14-7)2-8-11(10(5)13)18-4-17-8/h2-3H,4H2,1H3,(H,15,16). The Morgan fingerprint density at radius 3 is 2.89 bits per heavy atom. The molecule has 0 unspecified atom stereocenters. The van der Waals surface area contributed by atoms with Gasteiger partial charge >= 0.3 is 5.97 Å². The first-order valence-electron chi connectivity index (χ1n) is 5.37. The SMILES string of the molecule is Cc1c(-c2cc(C(=O)O)on2)cc2c(c1Br)OCO2. The maximum absolute atomic E-state index is 10.8. The summed E-state index contributed by atoms with van der Waals surface area (Å²) >= 11 is 3.44. The minimum Gasteiger partial charge on any atom is -0.475 e. The van der Waals surface area contributed by atoms with E-state index in [0.29, 0.717) is 17.2 Å². The van der Waals surface area contributed by atoms with Crippen LogP contribution in [-0.2, 0) is 0 Å². The van der Waals surface area contributed by atoms with Crippen LogP contribution >= 0.6 is 15.9 Å². The lowest BCUT2D eigenvalue weighted by molar-refractivity contribution is 0.0652. The van der Waals surface area contributed by atoms with Gasteiger partial charge in [0.2, 0.25) is 12.6 Å². The lowest BCUT2D eigenvalue weighted by Crippen LogP contribution is -1.93. The number of fused-ring (bicyclic) bond motifs is 1. The van der Waals surface area contributed by atoms with Crippen molar-refractivity contribution in [1.29, 1.82) is 0 Å². The number of aromatic carboxylic acids is 1. The van der Waals surface area contributed by atoms with Crippen molar-refractivity contribution in [1.82, 2.24) is 5.16 Å². The van der Waals surface area contributed by atoms with Gasteiger partial charge in [-0.25, -0.2) is 4.79 Å². The smallest absolute Gasteiger partial charge is 0.374 e. The molecule has 3 rings (SSSR count). The van der Waals surface area contributed by atoms with Crippen LogP contribution in [0, 0.1) is 6.92 Å². The summed E-state index contributed by atoms with van der Waals surface area (Å²) < 4.78 is 16.2. The molecule has 0 saturated carbocycles. The second kappa shape index (κ2) is 4.27. The van der Waals surface area contributed by atoms with E-state index in [2.05, 4.69) is 21.1 Å². The Kier molecular flexibility index (Phi) is 2.70. The molecule has 98 valence electrons. The molecule has 0 bridgehead atoms. The third-order valence-corrected chi connectivity index (χ3v) is 3.80. The molecule has 7 heteroatoms. The van der Waals surface area contributed by atoms with Crippen LogP contribution in [0.5, 0.6) is 11.5 Å². The van der Waals surface area contributed by atoms with Crippen LogP contribution < -0.4 is 9.47 Å². The second-order valence-electron chi connectivity index (χ2n) is 3.98. The van der Waals surface area contributed by atoms with Crippen LogP contribution in [0.4, 0.5) is 0 Å². The van der Waals surface area contributed by atoms with Crippen LogP contribution in [-0.4, -0.2) is 23.0 Å². The summed E-state index contributed by atoms with van der Waals surface area (Å²) in [5.74, 6) is -0.130. The number of halogens is 1. The van der Waals surface area contributed by atoms with E-state index in [1.807, 2.05) is 6.92 Å². The normalized spacial score (nSPS) is 12.7. The van der Waals surface area contributed by atoms with Gasteiger partial charge in [-0.3, -0.25) is 0 Å². The summed E-state index contributed by atoms with van der Waals surface area (Å²) in [7, 11) is 0. The monoisotopic (exact) mass is 325 g/mol. The summed E-state index contributed by atoms with van der Waals surface area (Å²) in [5.41, 5.74) is 2.04. The Hall–Kier alpha value is -2.02. The zero-order chi connectivity index (χ0) is 13.6. The lowest BCUT2D eigenvalue weighted by Gasteiger charge is -2.07. The zero-order valence-corrected chi connectivity index (χ0v) is 11.4. The molecule has 0 atom stereocenters. The minimum atomic E-state index is -1.16. The number of benzene rings is 1. The van der Waals surface area contributed by atoms with Crippen molar-refractivity contribution in [3.8, 4) is 22.8 Å². The van der Waals surface area contributed by atoms with E-state index in [4.69, 9.17) is 19.1 Å². The van der Waals surface area contributed by atoms with Crippen molar-refractivity contribution in [3.63, 3.8) is 0 Å². The first kappa shape index (κ1) is 12.0. The molecule has 1 aliphatic heterocycles. The molecular formula is C12H8BrNO5. The van der Waals surface area contributed by atoms with Crippen molar-refractivity contribution in [2.75, 3.05) is 6.79 Å². The molecule has 1 aromatic carbocycles. The van der Waals surface area contributed by atoms with Crippen LogP contribution in [0.1, 0.15) is 16.1 Å². The number of aromatic nitrogens is 1. The number of hydrogen-bond donors (Lipinski definition) is 1. The predicted molar refractivity (Wildman–Crippen MR) is 67.5 cm³/mol. The fraction of sp³-hybridized carbons (Fsp3) is 0.167. The Morgan fingerprint density at radius 2 is 2.21 bits per heavy atom. The number of carbonyl (C=O) groups is 1. The number of rotatable bonds is 2. The summed E-state index contributed by atoms with van der Waals surface area (Å²) in [6.07, 6.45) is 0. The first-order chi connectivity index (χ1) is 9.08. The average Bonchev–Trinajstić information content (AvgIpc) is 3.01. The highest BCUT2D eigenvalue weighted by Crippen LogP contribution is 2.45. The van der Waals surface area contributed by atoms with E-state index in [1.165, 1.54) is 6.07 Å². The van der Waals surface area contributed by atoms with E-state index >= 15 is 0 Å². The summed E-state index contributed by atoms with van der Waals surface area (Å²) in [6.45, 7) is 2.03. The molecule has 1 N–H and O–H groups in total. The van der Waals surface area contributed by atoms with Gasteiger partial charge in [-0.2, -0.15) is 0 Å². The van der Waals surface area contributed by atoms with Crippen LogP contribution in [0.25, 0.3) is 11.3 Å². The Morgan fingerprint density at radius 1 is 1.42 bits per heavy atom. The Bertz CT molecular complexity index is 679. The van der Waals surface area contributed by atoms with E-state index in [0.717, 1.165) is 15.6 Å². The topological polar surface area (TPSA) is 81.8 Å². The Balaban J connectivity index is 2.14. The average molecular weight is 326 g/mol. The maximum atomic E-state index is 10.8. The molecule has 0 amide bonds. The van der Waals surface area contributed by atoms with E-state index in [1.54, 1.807) is 6.07 Å². The third kappa shape index (κ3) is 1.86. The minimum absolute atomic E-state index is 0.163. The van der Waals surface area contributed by atoms with Gasteiger partial charge in [0, 0.05) is 11.6 Å².